The summed E-state index contributed by atoms with van der Waals surface area (Å²) in [4.78, 5) is 21.6. The van der Waals surface area contributed by atoms with E-state index in [0.717, 1.165) is 6.42 Å². The van der Waals surface area contributed by atoms with Gasteiger partial charge in [0.25, 0.3) is 0 Å². The number of carbonyl (C=O) groups excluding carboxylic acids is 1. The molecular weight excluding hydrogens is 156 g/mol. The lowest BCUT2D eigenvalue weighted by Crippen LogP contribution is -2.25. The minimum Gasteiger partial charge on any atom is -0.481 e. The first-order valence-electron chi connectivity index (χ1n) is 4.24. The van der Waals surface area contributed by atoms with E-state index in [0.29, 0.717) is 6.42 Å². The maximum Gasteiger partial charge on any atom is 0.306 e. The maximum atomic E-state index is 11.0. The minimum atomic E-state index is -0.886. The number of carboxylic acids is 1. The summed E-state index contributed by atoms with van der Waals surface area (Å²) in [5.41, 5.74) is 0. The first kappa shape index (κ1) is 11.1. The summed E-state index contributed by atoms with van der Waals surface area (Å²) >= 11 is 0. The van der Waals surface area contributed by atoms with Crippen molar-refractivity contribution >= 4 is 11.8 Å². The van der Waals surface area contributed by atoms with Crippen molar-refractivity contribution in [3.63, 3.8) is 0 Å². The lowest BCUT2D eigenvalue weighted by atomic mass is 9.87. The van der Waals surface area contributed by atoms with Gasteiger partial charge >= 0.3 is 5.97 Å². The van der Waals surface area contributed by atoms with E-state index >= 15 is 0 Å². The zero-order valence-electron chi connectivity index (χ0n) is 7.83. The van der Waals surface area contributed by atoms with Crippen LogP contribution in [0.3, 0.4) is 0 Å². The van der Waals surface area contributed by atoms with E-state index < -0.39 is 11.9 Å². The quantitative estimate of drug-likeness (QED) is 0.686. The van der Waals surface area contributed by atoms with E-state index in [1.54, 1.807) is 6.92 Å². The van der Waals surface area contributed by atoms with Crippen LogP contribution >= 0.6 is 0 Å². The Bertz CT molecular complexity index is 175. The van der Waals surface area contributed by atoms with E-state index in [4.69, 9.17) is 5.11 Å². The average molecular weight is 172 g/mol. The van der Waals surface area contributed by atoms with Gasteiger partial charge in [-0.2, -0.15) is 0 Å². The van der Waals surface area contributed by atoms with Gasteiger partial charge in [-0.1, -0.05) is 20.3 Å². The summed E-state index contributed by atoms with van der Waals surface area (Å²) in [5.74, 6) is -1.77. The zero-order valence-corrected chi connectivity index (χ0v) is 7.83. The largest absolute Gasteiger partial charge is 0.481 e. The third kappa shape index (κ3) is 3.03. The van der Waals surface area contributed by atoms with Gasteiger partial charge in [0.1, 0.15) is 5.78 Å². The second-order valence-electron chi connectivity index (χ2n) is 3.13. The molecule has 0 heterocycles. The summed E-state index contributed by atoms with van der Waals surface area (Å²) in [6.07, 6.45) is 1.52. The molecule has 0 aliphatic rings. The molecule has 0 spiro atoms. The fourth-order valence-corrected chi connectivity index (χ4v) is 1.29. The molecular formula is C9H16O3. The smallest absolute Gasteiger partial charge is 0.306 e. The second kappa shape index (κ2) is 4.91. The number of Topliss-reactive ketones (excluding diaryl/α,β-unsaturated/α-hetero) is 1. The van der Waals surface area contributed by atoms with E-state index in [9.17, 15) is 9.59 Å². The van der Waals surface area contributed by atoms with Gasteiger partial charge in [0.2, 0.25) is 0 Å². The number of hydrogen-bond acceptors (Lipinski definition) is 2. The molecule has 0 bridgehead atoms. The zero-order chi connectivity index (χ0) is 9.72. The Morgan fingerprint density at radius 2 is 1.92 bits per heavy atom. The molecule has 0 aromatic rings. The highest BCUT2D eigenvalue weighted by atomic mass is 16.4. The maximum absolute atomic E-state index is 11.0. The molecule has 0 aromatic carbocycles. The molecule has 1 N–H and O–H groups in total. The first-order chi connectivity index (χ1) is 5.50. The Labute approximate surface area is 72.8 Å². The van der Waals surface area contributed by atoms with Gasteiger partial charge in [0.05, 0.1) is 5.92 Å². The number of aliphatic carboxylic acids is 1. The van der Waals surface area contributed by atoms with Gasteiger partial charge in [0.15, 0.2) is 0 Å². The third-order valence-corrected chi connectivity index (χ3v) is 2.11. The molecule has 0 aromatic heterocycles. The Morgan fingerprint density at radius 3 is 2.17 bits per heavy atom. The van der Waals surface area contributed by atoms with Gasteiger partial charge in [0, 0.05) is 5.92 Å². The molecule has 0 aliphatic heterocycles. The van der Waals surface area contributed by atoms with Crippen molar-refractivity contribution in [2.75, 3.05) is 0 Å². The molecule has 0 saturated carbocycles. The lowest BCUT2D eigenvalue weighted by Gasteiger charge is -2.16. The lowest BCUT2D eigenvalue weighted by molar-refractivity contribution is -0.145. The van der Waals surface area contributed by atoms with Crippen LogP contribution < -0.4 is 0 Å². The number of carbonyl (C=O) groups is 2. The van der Waals surface area contributed by atoms with Gasteiger partial charge in [-0.05, 0) is 13.3 Å². The fourth-order valence-electron chi connectivity index (χ4n) is 1.29. The van der Waals surface area contributed by atoms with Crippen LogP contribution in [0.2, 0.25) is 0 Å². The van der Waals surface area contributed by atoms with Crippen LogP contribution in [0.15, 0.2) is 0 Å². The van der Waals surface area contributed by atoms with Crippen molar-refractivity contribution in [3.05, 3.63) is 0 Å². The predicted octanol–water partition coefficient (Wildman–Crippen LogP) is 1.71. The second-order valence-corrected chi connectivity index (χ2v) is 3.13. The number of hydrogen-bond donors (Lipinski definition) is 1. The molecule has 0 saturated heterocycles. The summed E-state index contributed by atoms with van der Waals surface area (Å²) in [7, 11) is 0. The molecule has 0 aliphatic carbocycles. The van der Waals surface area contributed by atoms with Gasteiger partial charge in [-0.15, -0.1) is 0 Å². The van der Waals surface area contributed by atoms with Crippen LogP contribution in [0.25, 0.3) is 0 Å². The minimum absolute atomic E-state index is 0.0215. The van der Waals surface area contributed by atoms with Crippen LogP contribution in [-0.2, 0) is 9.59 Å². The Kier molecular flexibility index (Phi) is 4.55. The molecule has 2 atom stereocenters. The summed E-state index contributed by atoms with van der Waals surface area (Å²) < 4.78 is 0. The topological polar surface area (TPSA) is 54.4 Å². The van der Waals surface area contributed by atoms with E-state index in [1.807, 2.05) is 6.92 Å². The van der Waals surface area contributed by atoms with E-state index in [1.165, 1.54) is 6.92 Å². The third-order valence-electron chi connectivity index (χ3n) is 2.11. The summed E-state index contributed by atoms with van der Waals surface area (Å²) in [5, 5.41) is 8.68. The normalized spacial score (nSPS) is 15.2. The molecule has 70 valence electrons. The van der Waals surface area contributed by atoms with E-state index in [2.05, 4.69) is 0 Å². The molecule has 0 fully saturated rings. The SMILES string of the molecule is CCCC(C(C)=O)[C@H](C)C(=O)O. The van der Waals surface area contributed by atoms with Crippen molar-refractivity contribution in [3.8, 4) is 0 Å². The molecule has 0 amide bonds. The van der Waals surface area contributed by atoms with Crippen LogP contribution in [0.5, 0.6) is 0 Å². The predicted molar refractivity (Wildman–Crippen MR) is 45.9 cm³/mol. The Balaban J connectivity index is 4.28. The highest BCUT2D eigenvalue weighted by molar-refractivity contribution is 5.84. The standard InChI is InChI=1S/C9H16O3/c1-4-5-8(7(3)10)6(2)9(11)12/h6,8H,4-5H2,1-3H3,(H,11,12)/t6-,8?/m0/s1. The Hall–Kier alpha value is -0.860. The number of rotatable bonds is 5. The van der Waals surface area contributed by atoms with Gasteiger partial charge < -0.3 is 5.11 Å². The summed E-state index contributed by atoms with van der Waals surface area (Å²) in [6.45, 7) is 4.99. The van der Waals surface area contributed by atoms with Crippen molar-refractivity contribution in [2.45, 2.75) is 33.6 Å². The van der Waals surface area contributed by atoms with Crippen LogP contribution in [-0.4, -0.2) is 16.9 Å². The molecule has 1 unspecified atom stereocenters. The highest BCUT2D eigenvalue weighted by Crippen LogP contribution is 2.18. The molecule has 0 rings (SSSR count). The Morgan fingerprint density at radius 1 is 1.42 bits per heavy atom. The number of carboxylic acid groups (broad SMARTS) is 1. The molecule has 3 heteroatoms. The van der Waals surface area contributed by atoms with Crippen LogP contribution in [0, 0.1) is 11.8 Å². The van der Waals surface area contributed by atoms with Crippen molar-refractivity contribution in [2.24, 2.45) is 11.8 Å². The van der Waals surface area contributed by atoms with Crippen molar-refractivity contribution in [1.29, 1.82) is 0 Å². The van der Waals surface area contributed by atoms with E-state index in [-0.39, 0.29) is 11.7 Å². The average Bonchev–Trinajstić information content (AvgIpc) is 1.98. The van der Waals surface area contributed by atoms with Crippen molar-refractivity contribution < 1.29 is 14.7 Å². The number of ketones is 1. The van der Waals surface area contributed by atoms with Gasteiger partial charge in [-0.25, -0.2) is 0 Å². The monoisotopic (exact) mass is 172 g/mol. The molecule has 0 radical (unpaired) electrons. The van der Waals surface area contributed by atoms with Crippen molar-refractivity contribution in [1.82, 2.24) is 0 Å². The van der Waals surface area contributed by atoms with Gasteiger partial charge in [-0.3, -0.25) is 9.59 Å². The fraction of sp³-hybridized carbons (Fsp3) is 0.778. The first-order valence-corrected chi connectivity index (χ1v) is 4.24. The van der Waals surface area contributed by atoms with Crippen LogP contribution in [0.4, 0.5) is 0 Å². The highest BCUT2D eigenvalue weighted by Gasteiger charge is 2.26. The molecule has 12 heavy (non-hydrogen) atoms. The van der Waals surface area contributed by atoms with Crippen LogP contribution in [0.1, 0.15) is 33.6 Å². The summed E-state index contributed by atoms with van der Waals surface area (Å²) in [6, 6.07) is 0. The molecule has 3 nitrogen and oxygen atoms in total.